The van der Waals surface area contributed by atoms with Gasteiger partial charge < -0.3 is 10.1 Å². The second kappa shape index (κ2) is 7.03. The molecule has 1 N–H and O–H groups in total. The number of aryl methyl sites for hydroxylation is 1. The second-order valence-corrected chi connectivity index (χ2v) is 5.97. The first-order valence-electron chi connectivity index (χ1n) is 8.58. The Morgan fingerprint density at radius 2 is 2.00 bits per heavy atom. The van der Waals surface area contributed by atoms with E-state index in [-0.39, 0.29) is 5.82 Å². The minimum atomic E-state index is -0.315. The number of hydrogen-bond acceptors (Lipinski definition) is 5. The number of benzene rings is 2. The van der Waals surface area contributed by atoms with Crippen molar-refractivity contribution in [2.24, 2.45) is 0 Å². The Balaban J connectivity index is 1.76. The quantitative estimate of drug-likeness (QED) is 0.574. The van der Waals surface area contributed by atoms with Gasteiger partial charge in [-0.05, 0) is 24.3 Å². The lowest BCUT2D eigenvalue weighted by molar-refractivity contribution is 0.415. The number of ether oxygens (including phenoxy) is 1. The summed E-state index contributed by atoms with van der Waals surface area (Å²) in [6, 6.07) is 12.1. The van der Waals surface area contributed by atoms with Gasteiger partial charge >= 0.3 is 0 Å². The molecule has 0 bridgehead atoms. The molecule has 4 rings (SSSR count). The molecule has 0 spiro atoms. The summed E-state index contributed by atoms with van der Waals surface area (Å²) >= 11 is 0. The Hall–Kier alpha value is -3.48. The standard InChI is InChI=1S/C20H18FN5O/c1-3-19-24-16-8-7-13(21)9-17(16)26(19)20-12-22-11-18(25-20)23-14-5-4-6-15(10-14)27-2/h4-12H,3H2,1-2H3,(H,23,25). The van der Waals surface area contributed by atoms with Crippen LogP contribution in [0, 0.1) is 5.82 Å². The van der Waals surface area contributed by atoms with Crippen molar-refractivity contribution in [2.75, 3.05) is 12.4 Å². The first-order chi connectivity index (χ1) is 13.2. The molecule has 0 saturated heterocycles. The van der Waals surface area contributed by atoms with E-state index in [1.165, 1.54) is 12.1 Å². The molecule has 0 aliphatic heterocycles. The number of imidazole rings is 1. The van der Waals surface area contributed by atoms with Gasteiger partial charge in [0.25, 0.3) is 0 Å². The van der Waals surface area contributed by atoms with E-state index in [1.807, 2.05) is 35.8 Å². The number of fused-ring (bicyclic) bond motifs is 1. The average Bonchev–Trinajstić information content (AvgIpc) is 3.06. The Bertz CT molecular complexity index is 1110. The van der Waals surface area contributed by atoms with Crippen LogP contribution in [0.2, 0.25) is 0 Å². The van der Waals surface area contributed by atoms with E-state index in [4.69, 9.17) is 4.74 Å². The Kier molecular flexibility index (Phi) is 4.42. The average molecular weight is 363 g/mol. The molecule has 0 amide bonds. The van der Waals surface area contributed by atoms with Crippen molar-refractivity contribution in [2.45, 2.75) is 13.3 Å². The topological polar surface area (TPSA) is 64.9 Å². The zero-order valence-corrected chi connectivity index (χ0v) is 15.0. The van der Waals surface area contributed by atoms with Crippen LogP contribution < -0.4 is 10.1 Å². The second-order valence-electron chi connectivity index (χ2n) is 5.97. The summed E-state index contributed by atoms with van der Waals surface area (Å²) in [5, 5.41) is 3.22. The molecule has 2 aromatic heterocycles. The van der Waals surface area contributed by atoms with Gasteiger partial charge in [0.15, 0.2) is 11.6 Å². The van der Waals surface area contributed by atoms with Crippen LogP contribution in [0.15, 0.2) is 54.9 Å². The lowest BCUT2D eigenvalue weighted by Gasteiger charge is -2.10. The Labute approximate surface area is 155 Å². The summed E-state index contributed by atoms with van der Waals surface area (Å²) in [6.07, 6.45) is 3.96. The summed E-state index contributed by atoms with van der Waals surface area (Å²) in [6.45, 7) is 2.00. The fraction of sp³-hybridized carbons (Fsp3) is 0.150. The predicted octanol–water partition coefficient (Wildman–Crippen LogP) is 4.27. The highest BCUT2D eigenvalue weighted by molar-refractivity contribution is 5.78. The minimum Gasteiger partial charge on any atom is -0.497 e. The summed E-state index contributed by atoms with van der Waals surface area (Å²) in [5.74, 6) is 2.37. The van der Waals surface area contributed by atoms with Crippen molar-refractivity contribution in [1.29, 1.82) is 0 Å². The fourth-order valence-electron chi connectivity index (χ4n) is 2.96. The van der Waals surface area contributed by atoms with Crippen molar-refractivity contribution < 1.29 is 9.13 Å². The smallest absolute Gasteiger partial charge is 0.159 e. The zero-order chi connectivity index (χ0) is 18.8. The number of halogens is 1. The van der Waals surface area contributed by atoms with Crippen LogP contribution in [0.4, 0.5) is 15.9 Å². The minimum absolute atomic E-state index is 0.315. The summed E-state index contributed by atoms with van der Waals surface area (Å²) < 4.78 is 20.9. The molecule has 0 aliphatic rings. The molecule has 0 saturated carbocycles. The number of rotatable bonds is 5. The van der Waals surface area contributed by atoms with Gasteiger partial charge in [-0.1, -0.05) is 13.0 Å². The molecule has 7 heteroatoms. The van der Waals surface area contributed by atoms with Gasteiger partial charge in [-0.25, -0.2) is 14.4 Å². The van der Waals surface area contributed by atoms with E-state index in [9.17, 15) is 4.39 Å². The maximum absolute atomic E-state index is 13.8. The molecular formula is C20H18FN5O. The van der Waals surface area contributed by atoms with E-state index in [0.29, 0.717) is 23.6 Å². The van der Waals surface area contributed by atoms with Crippen LogP contribution >= 0.6 is 0 Å². The van der Waals surface area contributed by atoms with Crippen LogP contribution in [0.25, 0.3) is 16.9 Å². The number of aromatic nitrogens is 4. The van der Waals surface area contributed by atoms with E-state index in [0.717, 1.165) is 22.8 Å². The van der Waals surface area contributed by atoms with Gasteiger partial charge in [0, 0.05) is 24.2 Å². The molecule has 0 fully saturated rings. The van der Waals surface area contributed by atoms with Crippen LogP contribution in [-0.2, 0) is 6.42 Å². The molecular weight excluding hydrogens is 345 g/mol. The number of nitrogens with zero attached hydrogens (tertiary/aromatic N) is 4. The molecule has 4 aromatic rings. The summed E-state index contributed by atoms with van der Waals surface area (Å²) in [5.41, 5.74) is 2.22. The molecule has 27 heavy (non-hydrogen) atoms. The van der Waals surface area contributed by atoms with E-state index in [2.05, 4.69) is 20.3 Å². The molecule has 0 atom stereocenters. The van der Waals surface area contributed by atoms with Crippen LogP contribution in [0.1, 0.15) is 12.7 Å². The molecule has 6 nitrogen and oxygen atoms in total. The Morgan fingerprint density at radius 1 is 1.11 bits per heavy atom. The zero-order valence-electron chi connectivity index (χ0n) is 15.0. The van der Waals surface area contributed by atoms with Crippen molar-refractivity contribution in [3.63, 3.8) is 0 Å². The van der Waals surface area contributed by atoms with Crippen molar-refractivity contribution in [1.82, 2.24) is 19.5 Å². The van der Waals surface area contributed by atoms with E-state index >= 15 is 0 Å². The normalized spacial score (nSPS) is 10.9. The van der Waals surface area contributed by atoms with Gasteiger partial charge in [0.1, 0.15) is 17.4 Å². The number of nitrogens with one attached hydrogen (secondary N) is 1. The predicted molar refractivity (Wildman–Crippen MR) is 102 cm³/mol. The maximum atomic E-state index is 13.8. The first-order valence-corrected chi connectivity index (χ1v) is 8.58. The lowest BCUT2D eigenvalue weighted by atomic mass is 10.3. The molecule has 2 heterocycles. The van der Waals surface area contributed by atoms with Crippen LogP contribution in [0.3, 0.4) is 0 Å². The SMILES string of the molecule is CCc1nc2ccc(F)cc2n1-c1cncc(Nc2cccc(OC)c2)n1. The van der Waals surface area contributed by atoms with Crippen molar-refractivity contribution in [3.05, 3.63) is 66.5 Å². The monoisotopic (exact) mass is 363 g/mol. The summed E-state index contributed by atoms with van der Waals surface area (Å²) in [4.78, 5) is 13.5. The van der Waals surface area contributed by atoms with Gasteiger partial charge in [0.05, 0.1) is 30.5 Å². The largest absolute Gasteiger partial charge is 0.497 e. The maximum Gasteiger partial charge on any atom is 0.159 e. The number of hydrogen-bond donors (Lipinski definition) is 1. The fourth-order valence-corrected chi connectivity index (χ4v) is 2.96. The highest BCUT2D eigenvalue weighted by Gasteiger charge is 2.14. The first kappa shape index (κ1) is 17.0. The molecule has 0 radical (unpaired) electrons. The van der Waals surface area contributed by atoms with E-state index in [1.54, 1.807) is 25.6 Å². The third-order valence-electron chi connectivity index (χ3n) is 4.20. The molecule has 136 valence electrons. The van der Waals surface area contributed by atoms with Crippen molar-refractivity contribution in [3.8, 4) is 11.6 Å². The summed E-state index contributed by atoms with van der Waals surface area (Å²) in [7, 11) is 1.62. The van der Waals surface area contributed by atoms with E-state index < -0.39 is 0 Å². The third kappa shape index (κ3) is 3.31. The Morgan fingerprint density at radius 3 is 2.81 bits per heavy atom. The molecule has 2 aromatic carbocycles. The van der Waals surface area contributed by atoms with Gasteiger partial charge in [0.2, 0.25) is 0 Å². The van der Waals surface area contributed by atoms with Gasteiger partial charge in [-0.15, -0.1) is 0 Å². The highest BCUT2D eigenvalue weighted by Crippen LogP contribution is 2.24. The lowest BCUT2D eigenvalue weighted by Crippen LogP contribution is -2.05. The van der Waals surface area contributed by atoms with Crippen molar-refractivity contribution >= 4 is 22.5 Å². The molecule has 0 unspecified atom stereocenters. The number of anilines is 2. The van der Waals surface area contributed by atoms with Gasteiger partial charge in [-0.2, -0.15) is 0 Å². The number of methoxy groups -OCH3 is 1. The van der Waals surface area contributed by atoms with Crippen LogP contribution in [0.5, 0.6) is 5.75 Å². The third-order valence-corrected chi connectivity index (χ3v) is 4.20. The highest BCUT2D eigenvalue weighted by atomic mass is 19.1. The van der Waals surface area contributed by atoms with Crippen LogP contribution in [-0.4, -0.2) is 26.6 Å². The molecule has 0 aliphatic carbocycles. The van der Waals surface area contributed by atoms with Gasteiger partial charge in [-0.3, -0.25) is 9.55 Å².